The molecule has 0 unspecified atom stereocenters. The molecule has 1 amide bonds. The molecule has 0 saturated heterocycles. The van der Waals surface area contributed by atoms with E-state index in [0.717, 1.165) is 10.0 Å². The van der Waals surface area contributed by atoms with Crippen molar-refractivity contribution in [3.8, 4) is 0 Å². The van der Waals surface area contributed by atoms with Crippen molar-refractivity contribution in [2.45, 2.75) is 6.92 Å². The Morgan fingerprint density at radius 2 is 2.24 bits per heavy atom. The molecule has 88 valence electrons. The lowest BCUT2D eigenvalue weighted by Crippen LogP contribution is -2.12. The number of rotatable bonds is 2. The highest BCUT2D eigenvalue weighted by Crippen LogP contribution is 2.17. The minimum absolute atomic E-state index is 0.215. The van der Waals surface area contributed by atoms with E-state index in [1.54, 1.807) is 30.2 Å². The van der Waals surface area contributed by atoms with Gasteiger partial charge in [0.05, 0.1) is 11.8 Å². The number of aromatic nitrogens is 3. The first-order valence-electron chi connectivity index (χ1n) is 4.98. The van der Waals surface area contributed by atoms with Gasteiger partial charge < -0.3 is 5.32 Å². The van der Waals surface area contributed by atoms with Crippen LogP contribution in [0.3, 0.4) is 0 Å². The molecule has 2 heterocycles. The van der Waals surface area contributed by atoms with Crippen LogP contribution in [0.1, 0.15) is 15.9 Å². The topological polar surface area (TPSA) is 59.8 Å². The van der Waals surface area contributed by atoms with Crippen LogP contribution in [0, 0.1) is 6.92 Å². The van der Waals surface area contributed by atoms with Crippen LogP contribution >= 0.6 is 15.9 Å². The highest BCUT2D eigenvalue weighted by molar-refractivity contribution is 9.10. The van der Waals surface area contributed by atoms with Crippen molar-refractivity contribution in [2.24, 2.45) is 7.05 Å². The highest BCUT2D eigenvalue weighted by atomic mass is 79.9. The Labute approximate surface area is 107 Å². The third-order valence-electron chi connectivity index (χ3n) is 2.26. The van der Waals surface area contributed by atoms with E-state index in [-0.39, 0.29) is 5.91 Å². The van der Waals surface area contributed by atoms with E-state index in [0.29, 0.717) is 11.4 Å². The fourth-order valence-corrected chi connectivity index (χ4v) is 1.55. The maximum Gasteiger partial charge on any atom is 0.260 e. The van der Waals surface area contributed by atoms with Crippen molar-refractivity contribution in [3.05, 3.63) is 40.3 Å². The first-order chi connectivity index (χ1) is 8.06. The summed E-state index contributed by atoms with van der Waals surface area (Å²) in [7, 11) is 1.76. The number of hydrogen-bond acceptors (Lipinski definition) is 3. The molecule has 0 atom stereocenters. The minimum atomic E-state index is -0.215. The molecule has 2 aromatic heterocycles. The number of anilines is 1. The molecule has 0 saturated carbocycles. The summed E-state index contributed by atoms with van der Waals surface area (Å²) in [5, 5.41) is 6.65. The molecule has 0 radical (unpaired) electrons. The predicted molar refractivity (Wildman–Crippen MR) is 67.8 cm³/mol. The molecule has 0 aliphatic heterocycles. The Kier molecular flexibility index (Phi) is 3.23. The Morgan fingerprint density at radius 1 is 1.47 bits per heavy atom. The Hall–Kier alpha value is -1.69. The first kappa shape index (κ1) is 11.8. The van der Waals surface area contributed by atoms with Crippen molar-refractivity contribution < 1.29 is 4.79 Å². The summed E-state index contributed by atoms with van der Waals surface area (Å²) in [4.78, 5) is 15.9. The van der Waals surface area contributed by atoms with Gasteiger partial charge in [0, 0.05) is 23.9 Å². The van der Waals surface area contributed by atoms with E-state index >= 15 is 0 Å². The first-order valence-corrected chi connectivity index (χ1v) is 5.77. The number of carbonyl (C=O) groups excluding carboxylic acids is 1. The van der Waals surface area contributed by atoms with Gasteiger partial charge >= 0.3 is 0 Å². The monoisotopic (exact) mass is 294 g/mol. The number of pyridine rings is 1. The number of halogens is 1. The van der Waals surface area contributed by atoms with Crippen molar-refractivity contribution in [1.29, 1.82) is 0 Å². The molecule has 2 aromatic rings. The molecular weight excluding hydrogens is 284 g/mol. The third-order valence-corrected chi connectivity index (χ3v) is 3.09. The number of amides is 1. The zero-order chi connectivity index (χ0) is 12.4. The molecule has 5 nitrogen and oxygen atoms in total. The Bertz CT molecular complexity index is 564. The standard InChI is InChI=1S/C11H11BrN4O/c1-7-3-10(13-5-9(7)12)15-11(17)8-4-14-16(2)6-8/h3-6H,1-2H3,(H,13,15,17). The third kappa shape index (κ3) is 2.71. The fourth-order valence-electron chi connectivity index (χ4n) is 1.33. The van der Waals surface area contributed by atoms with Gasteiger partial charge in [-0.25, -0.2) is 4.98 Å². The summed E-state index contributed by atoms with van der Waals surface area (Å²) < 4.78 is 2.49. The molecule has 2 rings (SSSR count). The van der Waals surface area contributed by atoms with Crippen molar-refractivity contribution in [3.63, 3.8) is 0 Å². The fraction of sp³-hybridized carbons (Fsp3) is 0.182. The second-order valence-corrected chi connectivity index (χ2v) is 4.53. The Morgan fingerprint density at radius 3 is 2.82 bits per heavy atom. The van der Waals surface area contributed by atoms with Crippen LogP contribution < -0.4 is 5.32 Å². The predicted octanol–water partition coefficient (Wildman–Crippen LogP) is 2.14. The molecule has 17 heavy (non-hydrogen) atoms. The van der Waals surface area contributed by atoms with Crippen molar-refractivity contribution in [2.75, 3.05) is 5.32 Å². The second kappa shape index (κ2) is 4.67. The average molecular weight is 295 g/mol. The maximum absolute atomic E-state index is 11.8. The van der Waals surface area contributed by atoms with Gasteiger partial charge in [0.15, 0.2) is 0 Å². The van der Waals surface area contributed by atoms with Crippen LogP contribution in [0.4, 0.5) is 5.82 Å². The van der Waals surface area contributed by atoms with Crippen LogP contribution in [0.25, 0.3) is 0 Å². The van der Waals surface area contributed by atoms with Crippen LogP contribution in [-0.4, -0.2) is 20.7 Å². The van der Waals surface area contributed by atoms with Crippen LogP contribution in [-0.2, 0) is 7.05 Å². The molecule has 0 aromatic carbocycles. The molecular formula is C11H11BrN4O. The van der Waals surface area contributed by atoms with Gasteiger partial charge in [0.1, 0.15) is 5.82 Å². The van der Waals surface area contributed by atoms with E-state index in [2.05, 4.69) is 31.3 Å². The maximum atomic E-state index is 11.8. The van der Waals surface area contributed by atoms with Gasteiger partial charge in [-0.05, 0) is 34.5 Å². The smallest absolute Gasteiger partial charge is 0.260 e. The summed E-state index contributed by atoms with van der Waals surface area (Å²) in [5.74, 6) is 0.312. The molecule has 0 aliphatic rings. The lowest BCUT2D eigenvalue weighted by Gasteiger charge is -2.04. The molecule has 0 spiro atoms. The van der Waals surface area contributed by atoms with E-state index in [9.17, 15) is 4.79 Å². The number of carbonyl (C=O) groups is 1. The molecule has 6 heteroatoms. The van der Waals surface area contributed by atoms with Crippen LogP contribution in [0.5, 0.6) is 0 Å². The quantitative estimate of drug-likeness (QED) is 0.923. The normalized spacial score (nSPS) is 10.3. The van der Waals surface area contributed by atoms with Gasteiger partial charge in [-0.1, -0.05) is 0 Å². The van der Waals surface area contributed by atoms with Gasteiger partial charge in [-0.2, -0.15) is 5.10 Å². The SMILES string of the molecule is Cc1cc(NC(=O)c2cnn(C)c2)ncc1Br. The molecule has 1 N–H and O–H groups in total. The van der Waals surface area contributed by atoms with Gasteiger partial charge in [-0.3, -0.25) is 9.48 Å². The van der Waals surface area contributed by atoms with Gasteiger partial charge in [-0.15, -0.1) is 0 Å². The molecule has 0 aliphatic carbocycles. The second-order valence-electron chi connectivity index (χ2n) is 3.68. The van der Waals surface area contributed by atoms with E-state index < -0.39 is 0 Å². The van der Waals surface area contributed by atoms with Crippen molar-refractivity contribution in [1.82, 2.24) is 14.8 Å². The highest BCUT2D eigenvalue weighted by Gasteiger charge is 2.09. The van der Waals surface area contributed by atoms with Gasteiger partial charge in [0.2, 0.25) is 0 Å². The lowest BCUT2D eigenvalue weighted by atomic mass is 10.3. The zero-order valence-electron chi connectivity index (χ0n) is 9.44. The summed E-state index contributed by atoms with van der Waals surface area (Å²) in [5.41, 5.74) is 1.52. The van der Waals surface area contributed by atoms with E-state index in [1.807, 2.05) is 6.92 Å². The summed E-state index contributed by atoms with van der Waals surface area (Å²) >= 11 is 3.36. The van der Waals surface area contributed by atoms with Crippen LogP contribution in [0.2, 0.25) is 0 Å². The van der Waals surface area contributed by atoms with Crippen LogP contribution in [0.15, 0.2) is 29.1 Å². The summed E-state index contributed by atoms with van der Waals surface area (Å²) in [6, 6.07) is 1.80. The number of hydrogen-bond donors (Lipinski definition) is 1. The Balaban J connectivity index is 2.15. The lowest BCUT2D eigenvalue weighted by molar-refractivity contribution is 0.102. The number of nitrogens with zero attached hydrogens (tertiary/aromatic N) is 3. The summed E-state index contributed by atoms with van der Waals surface area (Å²) in [6.07, 6.45) is 4.83. The van der Waals surface area contributed by atoms with Gasteiger partial charge in [0.25, 0.3) is 5.91 Å². The number of aryl methyl sites for hydroxylation is 2. The van der Waals surface area contributed by atoms with E-state index in [4.69, 9.17) is 0 Å². The van der Waals surface area contributed by atoms with E-state index in [1.165, 1.54) is 6.20 Å². The molecule has 0 fully saturated rings. The zero-order valence-corrected chi connectivity index (χ0v) is 11.0. The summed E-state index contributed by atoms with van der Waals surface area (Å²) in [6.45, 7) is 1.94. The minimum Gasteiger partial charge on any atom is -0.306 e. The number of nitrogens with one attached hydrogen (secondary N) is 1. The largest absolute Gasteiger partial charge is 0.306 e. The molecule has 0 bridgehead atoms. The van der Waals surface area contributed by atoms with Crippen molar-refractivity contribution >= 4 is 27.7 Å². The average Bonchev–Trinajstić information content (AvgIpc) is 2.70.